The summed E-state index contributed by atoms with van der Waals surface area (Å²) in [5, 5.41) is 5.13. The molecule has 0 unspecified atom stereocenters. The van der Waals surface area contributed by atoms with Gasteiger partial charge in [-0.3, -0.25) is 0 Å². The summed E-state index contributed by atoms with van der Waals surface area (Å²) in [5.41, 5.74) is 3.45. The number of fused-ring (bicyclic) bond motifs is 1. The first-order valence-corrected chi connectivity index (χ1v) is 10.3. The van der Waals surface area contributed by atoms with Gasteiger partial charge in [0.2, 0.25) is 0 Å². The first kappa shape index (κ1) is 18.8. The van der Waals surface area contributed by atoms with Crippen LogP contribution in [0.25, 0.3) is 10.2 Å². The Morgan fingerprint density at radius 3 is 2.62 bits per heavy atom. The molecule has 0 aliphatic rings. The molecule has 5 heteroatoms. The summed E-state index contributed by atoms with van der Waals surface area (Å²) in [6.07, 6.45) is 3.59. The molecule has 0 radical (unpaired) electrons. The third-order valence-electron chi connectivity index (χ3n) is 4.59. The second kappa shape index (κ2) is 8.60. The zero-order valence-electron chi connectivity index (χ0n) is 15.5. The molecule has 0 aliphatic heterocycles. The molecule has 1 aromatic heterocycles. The van der Waals surface area contributed by atoms with Crippen LogP contribution in [0.15, 0.2) is 48.5 Å². The number of rotatable bonds is 6. The van der Waals surface area contributed by atoms with Crippen molar-refractivity contribution in [3.63, 3.8) is 0 Å². The number of nitrogens with one attached hydrogen (secondary N) is 1. The van der Waals surface area contributed by atoms with Crippen molar-refractivity contribution in [2.75, 3.05) is 12.4 Å². The standard InChI is InChI=1S/C21H25N3S2/c1-4-5-8-16-11-13-17(14-12-16)22-21(25)24(3)15(2)20-23-18-9-6-7-10-19(18)26-20/h6-7,9-15H,4-5,8H2,1-3H3,(H,22,25)/t15-/m1/s1. The van der Waals surface area contributed by atoms with E-state index in [1.165, 1.54) is 23.1 Å². The summed E-state index contributed by atoms with van der Waals surface area (Å²) >= 11 is 7.34. The summed E-state index contributed by atoms with van der Waals surface area (Å²) in [7, 11) is 2.02. The molecule has 0 saturated heterocycles. The fourth-order valence-corrected chi connectivity index (χ4v) is 4.10. The maximum Gasteiger partial charge on any atom is 0.173 e. The first-order chi connectivity index (χ1) is 12.6. The van der Waals surface area contributed by atoms with Crippen LogP contribution in [-0.2, 0) is 6.42 Å². The highest BCUT2D eigenvalue weighted by Crippen LogP contribution is 2.29. The zero-order chi connectivity index (χ0) is 18.5. The number of thiazole rings is 1. The number of anilines is 1. The molecular weight excluding hydrogens is 358 g/mol. The molecule has 0 saturated carbocycles. The van der Waals surface area contributed by atoms with Crippen LogP contribution in [0.2, 0.25) is 0 Å². The van der Waals surface area contributed by atoms with Crippen molar-refractivity contribution in [1.82, 2.24) is 9.88 Å². The number of nitrogens with zero attached hydrogens (tertiary/aromatic N) is 2. The Morgan fingerprint density at radius 2 is 1.92 bits per heavy atom. The van der Waals surface area contributed by atoms with Crippen LogP contribution in [-0.4, -0.2) is 22.0 Å². The maximum absolute atomic E-state index is 5.61. The predicted molar refractivity (Wildman–Crippen MR) is 117 cm³/mol. The van der Waals surface area contributed by atoms with Crippen molar-refractivity contribution in [2.45, 2.75) is 39.2 Å². The minimum Gasteiger partial charge on any atom is -0.343 e. The lowest BCUT2D eigenvalue weighted by atomic mass is 10.1. The van der Waals surface area contributed by atoms with Gasteiger partial charge < -0.3 is 10.2 Å². The van der Waals surface area contributed by atoms with Gasteiger partial charge in [0.25, 0.3) is 0 Å². The van der Waals surface area contributed by atoms with Crippen LogP contribution >= 0.6 is 23.6 Å². The number of hydrogen-bond donors (Lipinski definition) is 1. The van der Waals surface area contributed by atoms with E-state index < -0.39 is 0 Å². The van der Waals surface area contributed by atoms with Crippen LogP contribution in [0.1, 0.15) is 43.3 Å². The minimum atomic E-state index is 0.122. The van der Waals surface area contributed by atoms with Crippen molar-refractivity contribution in [3.8, 4) is 0 Å². The van der Waals surface area contributed by atoms with Gasteiger partial charge in [0, 0.05) is 12.7 Å². The number of unbranched alkanes of at least 4 members (excludes halogenated alkanes) is 1. The molecule has 1 atom stereocenters. The Labute approximate surface area is 165 Å². The number of para-hydroxylation sites is 1. The number of benzene rings is 2. The Morgan fingerprint density at radius 1 is 1.19 bits per heavy atom. The highest BCUT2D eigenvalue weighted by molar-refractivity contribution is 7.80. The molecule has 0 aliphatic carbocycles. The van der Waals surface area contributed by atoms with E-state index in [9.17, 15) is 0 Å². The van der Waals surface area contributed by atoms with E-state index in [4.69, 9.17) is 17.2 Å². The van der Waals surface area contributed by atoms with Gasteiger partial charge in [0.15, 0.2) is 5.11 Å². The summed E-state index contributed by atoms with van der Waals surface area (Å²) < 4.78 is 1.21. The fourth-order valence-electron chi connectivity index (χ4n) is 2.76. The molecule has 26 heavy (non-hydrogen) atoms. The fraction of sp³-hybridized carbons (Fsp3) is 0.333. The number of aryl methyl sites for hydroxylation is 1. The summed E-state index contributed by atoms with van der Waals surface area (Å²) in [6, 6.07) is 16.9. The molecule has 3 nitrogen and oxygen atoms in total. The highest BCUT2D eigenvalue weighted by atomic mass is 32.1. The summed E-state index contributed by atoms with van der Waals surface area (Å²) in [4.78, 5) is 6.82. The maximum atomic E-state index is 5.61. The summed E-state index contributed by atoms with van der Waals surface area (Å²) in [6.45, 7) is 4.36. The minimum absolute atomic E-state index is 0.122. The van der Waals surface area contributed by atoms with Gasteiger partial charge in [-0.05, 0) is 61.8 Å². The Kier molecular flexibility index (Phi) is 6.22. The molecule has 136 valence electrons. The molecule has 3 rings (SSSR count). The van der Waals surface area contributed by atoms with E-state index in [1.54, 1.807) is 11.3 Å². The molecule has 0 bridgehead atoms. The van der Waals surface area contributed by atoms with Crippen molar-refractivity contribution >= 4 is 44.6 Å². The van der Waals surface area contributed by atoms with Gasteiger partial charge in [-0.1, -0.05) is 37.6 Å². The van der Waals surface area contributed by atoms with Gasteiger partial charge >= 0.3 is 0 Å². The lowest BCUT2D eigenvalue weighted by Gasteiger charge is -2.26. The zero-order valence-corrected chi connectivity index (χ0v) is 17.2. The third kappa shape index (κ3) is 4.40. The molecular formula is C21H25N3S2. The topological polar surface area (TPSA) is 28.2 Å². The number of thiocarbonyl (C=S) groups is 1. The van der Waals surface area contributed by atoms with Crippen LogP contribution < -0.4 is 5.32 Å². The van der Waals surface area contributed by atoms with E-state index in [1.807, 2.05) is 13.1 Å². The lowest BCUT2D eigenvalue weighted by Crippen LogP contribution is -2.33. The van der Waals surface area contributed by atoms with Gasteiger partial charge in [-0.2, -0.15) is 0 Å². The molecule has 0 fully saturated rings. The van der Waals surface area contributed by atoms with Crippen molar-refractivity contribution in [1.29, 1.82) is 0 Å². The lowest BCUT2D eigenvalue weighted by molar-refractivity contribution is 0.407. The van der Waals surface area contributed by atoms with E-state index in [0.29, 0.717) is 5.11 Å². The molecule has 0 amide bonds. The second-order valence-corrected chi connectivity index (χ2v) is 7.99. The molecule has 2 aromatic carbocycles. The number of hydrogen-bond acceptors (Lipinski definition) is 3. The quantitative estimate of drug-likeness (QED) is 0.526. The van der Waals surface area contributed by atoms with Crippen molar-refractivity contribution in [3.05, 3.63) is 59.1 Å². The van der Waals surface area contributed by atoms with Crippen molar-refractivity contribution < 1.29 is 0 Å². The van der Waals surface area contributed by atoms with Crippen LogP contribution in [0, 0.1) is 0 Å². The van der Waals surface area contributed by atoms with Crippen LogP contribution in [0.5, 0.6) is 0 Å². The van der Waals surface area contributed by atoms with E-state index in [0.717, 1.165) is 22.6 Å². The monoisotopic (exact) mass is 383 g/mol. The molecule has 3 aromatic rings. The average molecular weight is 384 g/mol. The molecule has 1 heterocycles. The van der Waals surface area contributed by atoms with E-state index in [2.05, 4.69) is 66.5 Å². The third-order valence-corrected chi connectivity index (χ3v) is 6.19. The summed E-state index contributed by atoms with van der Waals surface area (Å²) in [5.74, 6) is 0. The van der Waals surface area contributed by atoms with Gasteiger partial charge in [-0.15, -0.1) is 11.3 Å². The van der Waals surface area contributed by atoms with Gasteiger partial charge in [0.05, 0.1) is 16.3 Å². The Bertz CT molecular complexity index is 837. The van der Waals surface area contributed by atoms with E-state index >= 15 is 0 Å². The largest absolute Gasteiger partial charge is 0.343 e. The predicted octanol–water partition coefficient (Wildman–Crippen LogP) is 6.03. The van der Waals surface area contributed by atoms with E-state index in [-0.39, 0.29) is 6.04 Å². The molecule has 0 spiro atoms. The Hall–Kier alpha value is -1.98. The Balaban J connectivity index is 1.64. The van der Waals surface area contributed by atoms with Crippen LogP contribution in [0.4, 0.5) is 5.69 Å². The average Bonchev–Trinajstić information content (AvgIpc) is 3.10. The van der Waals surface area contributed by atoms with Gasteiger partial charge in [0.1, 0.15) is 5.01 Å². The van der Waals surface area contributed by atoms with Gasteiger partial charge in [-0.25, -0.2) is 4.98 Å². The first-order valence-electron chi connectivity index (χ1n) is 9.06. The normalized spacial score (nSPS) is 12.1. The smallest absolute Gasteiger partial charge is 0.173 e. The highest BCUT2D eigenvalue weighted by Gasteiger charge is 2.18. The number of aromatic nitrogens is 1. The van der Waals surface area contributed by atoms with Crippen molar-refractivity contribution in [2.24, 2.45) is 0 Å². The van der Waals surface area contributed by atoms with Crippen LogP contribution in [0.3, 0.4) is 0 Å². The second-order valence-electron chi connectivity index (χ2n) is 6.54. The SMILES string of the molecule is CCCCc1ccc(NC(=S)N(C)[C@H](C)c2nc3ccccc3s2)cc1. The molecule has 1 N–H and O–H groups in total.